The van der Waals surface area contributed by atoms with E-state index in [-0.39, 0.29) is 11.2 Å². The second-order valence-electron chi connectivity index (χ2n) is 4.50. The zero-order chi connectivity index (χ0) is 14.0. The maximum atomic E-state index is 12.3. The topological polar surface area (TPSA) is 87.8 Å². The molecule has 2 rings (SSSR count). The van der Waals surface area contributed by atoms with Crippen LogP contribution in [0.4, 0.5) is 0 Å². The van der Waals surface area contributed by atoms with Crippen molar-refractivity contribution in [2.24, 2.45) is 12.8 Å². The van der Waals surface area contributed by atoms with Crippen molar-refractivity contribution < 1.29 is 0 Å². The van der Waals surface area contributed by atoms with E-state index < -0.39 is 0 Å². The van der Waals surface area contributed by atoms with E-state index >= 15 is 0 Å². The van der Waals surface area contributed by atoms with E-state index in [4.69, 9.17) is 5.73 Å². The first kappa shape index (κ1) is 13.5. The Bertz CT molecular complexity index is 694. The van der Waals surface area contributed by atoms with Gasteiger partial charge < -0.3 is 10.3 Å². The van der Waals surface area contributed by atoms with Crippen molar-refractivity contribution in [2.45, 2.75) is 32.9 Å². The Hall–Kier alpha value is -1.89. The van der Waals surface area contributed by atoms with E-state index in [1.54, 1.807) is 24.9 Å². The zero-order valence-electron chi connectivity index (χ0n) is 11.3. The van der Waals surface area contributed by atoms with Crippen molar-refractivity contribution in [3.8, 4) is 0 Å². The summed E-state index contributed by atoms with van der Waals surface area (Å²) in [7, 11) is 1.63. The lowest BCUT2D eigenvalue weighted by Gasteiger charge is -2.07. The van der Waals surface area contributed by atoms with E-state index in [1.807, 2.05) is 0 Å². The van der Waals surface area contributed by atoms with Crippen LogP contribution in [-0.2, 0) is 20.1 Å². The second kappa shape index (κ2) is 5.40. The first-order valence-corrected chi connectivity index (χ1v) is 6.46. The van der Waals surface area contributed by atoms with Gasteiger partial charge in [0.15, 0.2) is 11.2 Å². The van der Waals surface area contributed by atoms with Gasteiger partial charge in [0, 0.05) is 20.1 Å². The van der Waals surface area contributed by atoms with Crippen molar-refractivity contribution >= 4 is 11.2 Å². The van der Waals surface area contributed by atoms with Gasteiger partial charge in [0.05, 0.1) is 6.33 Å². The summed E-state index contributed by atoms with van der Waals surface area (Å²) in [5, 5.41) is 0. The van der Waals surface area contributed by atoms with Gasteiger partial charge in [-0.25, -0.2) is 9.78 Å². The minimum atomic E-state index is -0.327. The third kappa shape index (κ3) is 2.21. The Morgan fingerprint density at radius 1 is 1.32 bits per heavy atom. The van der Waals surface area contributed by atoms with Crippen LogP contribution in [0.1, 0.15) is 19.8 Å². The van der Waals surface area contributed by atoms with Gasteiger partial charge in [0.1, 0.15) is 0 Å². The Kier molecular flexibility index (Phi) is 3.84. The molecule has 0 saturated carbocycles. The van der Waals surface area contributed by atoms with Gasteiger partial charge >= 0.3 is 5.69 Å². The lowest BCUT2D eigenvalue weighted by atomic mass is 10.3. The summed E-state index contributed by atoms with van der Waals surface area (Å²) in [6.45, 7) is 3.45. The molecule has 0 atom stereocenters. The second-order valence-corrected chi connectivity index (χ2v) is 4.50. The maximum absolute atomic E-state index is 12.3. The number of nitrogens with two attached hydrogens (primary N) is 1. The standard InChI is InChI=1S/C12H19N5O2/c1-3-17-11(18)9-10(15(2)12(17)19)14-8-16(9)7-5-4-6-13/h8H,3-7,13H2,1-2H3. The highest BCUT2D eigenvalue weighted by atomic mass is 16.2. The van der Waals surface area contributed by atoms with E-state index in [0.29, 0.717) is 30.8 Å². The molecule has 0 saturated heterocycles. The van der Waals surface area contributed by atoms with Crippen LogP contribution in [-0.4, -0.2) is 25.2 Å². The number of rotatable bonds is 5. The van der Waals surface area contributed by atoms with Crippen LogP contribution < -0.4 is 17.0 Å². The molecule has 0 unspecified atom stereocenters. The molecule has 104 valence electrons. The summed E-state index contributed by atoms with van der Waals surface area (Å²) < 4.78 is 4.45. The predicted octanol–water partition coefficient (Wildman–Crippen LogP) is -0.344. The zero-order valence-corrected chi connectivity index (χ0v) is 11.3. The molecule has 2 heterocycles. The fraction of sp³-hybridized carbons (Fsp3) is 0.583. The summed E-state index contributed by atoms with van der Waals surface area (Å²) in [4.78, 5) is 28.5. The minimum Gasteiger partial charge on any atom is -0.330 e. The predicted molar refractivity (Wildman–Crippen MR) is 73.2 cm³/mol. The molecule has 0 aromatic carbocycles. The average molecular weight is 265 g/mol. The third-order valence-corrected chi connectivity index (χ3v) is 3.27. The summed E-state index contributed by atoms with van der Waals surface area (Å²) in [6.07, 6.45) is 3.39. The molecule has 0 aliphatic heterocycles. The van der Waals surface area contributed by atoms with Crippen LogP contribution in [0.5, 0.6) is 0 Å². The molecule has 7 nitrogen and oxygen atoms in total. The van der Waals surface area contributed by atoms with Gasteiger partial charge in [-0.15, -0.1) is 0 Å². The molecule has 0 fully saturated rings. The normalized spacial score (nSPS) is 11.3. The molecule has 2 N–H and O–H groups in total. The van der Waals surface area contributed by atoms with Gasteiger partial charge in [-0.2, -0.15) is 0 Å². The van der Waals surface area contributed by atoms with Gasteiger partial charge in [-0.1, -0.05) is 0 Å². The molecule has 0 aliphatic carbocycles. The minimum absolute atomic E-state index is 0.272. The first-order chi connectivity index (χ1) is 9.11. The van der Waals surface area contributed by atoms with Crippen LogP contribution in [0.2, 0.25) is 0 Å². The van der Waals surface area contributed by atoms with Crippen LogP contribution >= 0.6 is 0 Å². The Morgan fingerprint density at radius 3 is 2.68 bits per heavy atom. The highest BCUT2D eigenvalue weighted by Crippen LogP contribution is 2.07. The molecule has 0 bridgehead atoms. The fourth-order valence-electron chi connectivity index (χ4n) is 2.20. The molecule has 19 heavy (non-hydrogen) atoms. The van der Waals surface area contributed by atoms with Crippen molar-refractivity contribution in [2.75, 3.05) is 6.54 Å². The van der Waals surface area contributed by atoms with E-state index in [2.05, 4.69) is 4.98 Å². The average Bonchev–Trinajstić information content (AvgIpc) is 2.81. The smallest absolute Gasteiger partial charge is 0.330 e. The quantitative estimate of drug-likeness (QED) is 0.749. The van der Waals surface area contributed by atoms with Gasteiger partial charge in [-0.05, 0) is 26.3 Å². The maximum Gasteiger partial charge on any atom is 0.332 e. The van der Waals surface area contributed by atoms with E-state index in [0.717, 1.165) is 12.8 Å². The number of aryl methyl sites for hydroxylation is 2. The molecular weight excluding hydrogens is 246 g/mol. The van der Waals surface area contributed by atoms with Crippen LogP contribution in [0.15, 0.2) is 15.9 Å². The van der Waals surface area contributed by atoms with Crippen molar-refractivity contribution in [1.82, 2.24) is 18.7 Å². The lowest BCUT2D eigenvalue weighted by Crippen LogP contribution is -2.39. The molecule has 2 aromatic heterocycles. The largest absolute Gasteiger partial charge is 0.332 e. The molecule has 0 aliphatic rings. The highest BCUT2D eigenvalue weighted by molar-refractivity contribution is 5.69. The molecule has 2 aromatic rings. The summed E-state index contributed by atoms with van der Waals surface area (Å²) >= 11 is 0. The lowest BCUT2D eigenvalue weighted by molar-refractivity contribution is 0.610. The van der Waals surface area contributed by atoms with Gasteiger partial charge in [0.2, 0.25) is 0 Å². The number of nitrogens with zero attached hydrogens (tertiary/aromatic N) is 4. The fourth-order valence-corrected chi connectivity index (χ4v) is 2.20. The molecule has 7 heteroatoms. The SMILES string of the molecule is CCn1c(=O)c2c(ncn2CCCCN)n(C)c1=O. The third-order valence-electron chi connectivity index (χ3n) is 3.27. The van der Waals surface area contributed by atoms with Gasteiger partial charge in [0.25, 0.3) is 5.56 Å². The van der Waals surface area contributed by atoms with Crippen LogP contribution in [0, 0.1) is 0 Å². The van der Waals surface area contributed by atoms with E-state index in [1.165, 1.54) is 9.13 Å². The highest BCUT2D eigenvalue weighted by Gasteiger charge is 2.14. The van der Waals surface area contributed by atoms with Gasteiger partial charge in [-0.3, -0.25) is 13.9 Å². The Labute approximate surface area is 110 Å². The van der Waals surface area contributed by atoms with Crippen LogP contribution in [0.25, 0.3) is 11.2 Å². The van der Waals surface area contributed by atoms with Crippen molar-refractivity contribution in [1.29, 1.82) is 0 Å². The Morgan fingerprint density at radius 2 is 2.05 bits per heavy atom. The molecule has 0 spiro atoms. The summed E-state index contributed by atoms with van der Waals surface area (Å²) in [5.74, 6) is 0. The van der Waals surface area contributed by atoms with Crippen molar-refractivity contribution in [3.05, 3.63) is 27.2 Å². The summed E-state index contributed by atoms with van der Waals surface area (Å²) in [5.41, 5.74) is 5.79. The first-order valence-electron chi connectivity index (χ1n) is 6.46. The van der Waals surface area contributed by atoms with Crippen molar-refractivity contribution in [3.63, 3.8) is 0 Å². The molecule has 0 amide bonds. The molecular formula is C12H19N5O2. The van der Waals surface area contributed by atoms with Crippen LogP contribution in [0.3, 0.4) is 0 Å². The number of hydrogen-bond donors (Lipinski definition) is 1. The number of fused-ring (bicyclic) bond motifs is 1. The number of aromatic nitrogens is 4. The number of imidazole rings is 1. The summed E-state index contributed by atoms with van der Waals surface area (Å²) in [6, 6.07) is 0. The monoisotopic (exact) mass is 265 g/mol. The Balaban J connectivity index is 2.61. The molecule has 0 radical (unpaired) electrons. The van der Waals surface area contributed by atoms with E-state index in [9.17, 15) is 9.59 Å². The number of unbranched alkanes of at least 4 members (excludes halogenated alkanes) is 1. The number of hydrogen-bond acceptors (Lipinski definition) is 4.